The highest BCUT2D eigenvalue weighted by atomic mass is 35.5. The quantitative estimate of drug-likeness (QED) is 0.409. The van der Waals surface area contributed by atoms with Crippen LogP contribution in [0, 0.1) is 11.3 Å². The van der Waals surface area contributed by atoms with Gasteiger partial charge in [0, 0.05) is 33.4 Å². The van der Waals surface area contributed by atoms with Crippen molar-refractivity contribution in [3.05, 3.63) is 101 Å². The van der Waals surface area contributed by atoms with E-state index in [9.17, 15) is 10.1 Å². The van der Waals surface area contributed by atoms with Gasteiger partial charge in [-0.1, -0.05) is 60.1 Å². The normalized spacial score (nSPS) is 11.3. The number of fused-ring (bicyclic) bond motifs is 1. The lowest BCUT2D eigenvalue weighted by atomic mass is 10.0. The topological polar surface area (TPSA) is 57.8 Å². The molecule has 1 N–H and O–H groups in total. The summed E-state index contributed by atoms with van der Waals surface area (Å²) in [5.74, 6) is -0.115. The molecule has 0 radical (unpaired) electrons. The molecule has 1 amide bonds. The van der Waals surface area contributed by atoms with Crippen LogP contribution in [0.3, 0.4) is 0 Å². The molecule has 1 heterocycles. The lowest BCUT2D eigenvalue weighted by molar-refractivity contribution is -0.116. The minimum absolute atomic E-state index is 0.115. The summed E-state index contributed by atoms with van der Waals surface area (Å²) in [5.41, 5.74) is 3.89. The molecule has 5 heteroatoms. The van der Waals surface area contributed by atoms with Crippen LogP contribution in [0.25, 0.3) is 22.6 Å². The van der Waals surface area contributed by atoms with Crippen LogP contribution in [-0.2, 0) is 11.3 Å². The number of benzene rings is 3. The van der Waals surface area contributed by atoms with Crippen molar-refractivity contribution >= 4 is 45.7 Å². The van der Waals surface area contributed by atoms with E-state index in [1.54, 1.807) is 12.1 Å². The monoisotopic (exact) mass is 411 g/mol. The largest absolute Gasteiger partial charge is 0.337 e. The fourth-order valence-corrected chi connectivity index (χ4v) is 3.49. The van der Waals surface area contributed by atoms with E-state index in [1.165, 1.54) is 0 Å². The Bertz CT molecular complexity index is 1270. The molecule has 4 rings (SSSR count). The second kappa shape index (κ2) is 8.69. The molecule has 4 nitrogen and oxygen atoms in total. The number of hydrogen-bond acceptors (Lipinski definition) is 2. The average molecular weight is 412 g/mol. The van der Waals surface area contributed by atoms with Crippen molar-refractivity contribution in [2.24, 2.45) is 0 Å². The number of allylic oxidation sites excluding steroid dienone is 1. The molecule has 0 fully saturated rings. The van der Waals surface area contributed by atoms with Crippen molar-refractivity contribution in [1.29, 1.82) is 5.26 Å². The average Bonchev–Trinajstić information content (AvgIpc) is 3.10. The number of nitrogens with one attached hydrogen (secondary N) is 1. The zero-order valence-electron chi connectivity index (χ0n) is 16.0. The number of rotatable bonds is 5. The Kier molecular flexibility index (Phi) is 5.65. The summed E-state index contributed by atoms with van der Waals surface area (Å²) in [7, 11) is 0. The maximum Gasteiger partial charge on any atom is 0.244 e. The molecule has 1 aromatic heterocycles. The predicted octanol–water partition coefficient (Wildman–Crippen LogP) is 6.00. The molecule has 0 bridgehead atoms. The van der Waals surface area contributed by atoms with E-state index in [0.29, 0.717) is 10.6 Å². The van der Waals surface area contributed by atoms with Crippen LogP contribution in [0.4, 0.5) is 5.69 Å². The van der Waals surface area contributed by atoms with E-state index in [-0.39, 0.29) is 12.5 Å². The number of halogens is 1. The van der Waals surface area contributed by atoms with Crippen molar-refractivity contribution in [3.63, 3.8) is 0 Å². The lowest BCUT2D eigenvalue weighted by Gasteiger charge is -2.07. The molecule has 3 aromatic carbocycles. The van der Waals surface area contributed by atoms with Gasteiger partial charge in [0.25, 0.3) is 0 Å². The number of anilines is 1. The Morgan fingerprint density at radius 2 is 1.70 bits per heavy atom. The number of amides is 1. The van der Waals surface area contributed by atoms with Gasteiger partial charge in [-0.3, -0.25) is 4.79 Å². The molecule has 0 aliphatic heterocycles. The van der Waals surface area contributed by atoms with Gasteiger partial charge in [-0.2, -0.15) is 5.26 Å². The molecule has 30 heavy (non-hydrogen) atoms. The van der Waals surface area contributed by atoms with E-state index in [0.717, 1.165) is 27.7 Å². The zero-order chi connectivity index (χ0) is 20.9. The predicted molar refractivity (Wildman–Crippen MR) is 122 cm³/mol. The third kappa shape index (κ3) is 4.27. The van der Waals surface area contributed by atoms with Gasteiger partial charge < -0.3 is 9.88 Å². The summed E-state index contributed by atoms with van der Waals surface area (Å²) in [6.07, 6.45) is 3.75. The Labute approximate surface area is 179 Å². The van der Waals surface area contributed by atoms with Crippen molar-refractivity contribution in [1.82, 2.24) is 4.57 Å². The molecule has 0 saturated carbocycles. The Balaban J connectivity index is 1.67. The SMILES string of the molecule is N#C/C(=C\c1cn(CC(=O)Nc2ccccc2)c2ccccc12)c1ccc(Cl)cc1. The highest BCUT2D eigenvalue weighted by molar-refractivity contribution is 6.30. The summed E-state index contributed by atoms with van der Waals surface area (Å²) < 4.78 is 1.90. The Hall–Kier alpha value is -3.81. The molecule has 0 unspecified atom stereocenters. The van der Waals surface area contributed by atoms with Crippen LogP contribution < -0.4 is 5.32 Å². The van der Waals surface area contributed by atoms with Crippen LogP contribution >= 0.6 is 11.6 Å². The Morgan fingerprint density at radius 1 is 1.00 bits per heavy atom. The molecule has 0 spiro atoms. The molecular weight excluding hydrogens is 394 g/mol. The fraction of sp³-hybridized carbons (Fsp3) is 0.0400. The number of nitrogens with zero attached hydrogens (tertiary/aromatic N) is 2. The highest BCUT2D eigenvalue weighted by Gasteiger charge is 2.11. The van der Waals surface area contributed by atoms with Crippen molar-refractivity contribution in [2.75, 3.05) is 5.32 Å². The first-order chi connectivity index (χ1) is 14.6. The number of para-hydroxylation sites is 2. The minimum Gasteiger partial charge on any atom is -0.337 e. The molecule has 0 atom stereocenters. The fourth-order valence-electron chi connectivity index (χ4n) is 3.36. The van der Waals surface area contributed by atoms with Crippen molar-refractivity contribution in [3.8, 4) is 6.07 Å². The van der Waals surface area contributed by atoms with Gasteiger partial charge in [0.1, 0.15) is 6.54 Å². The summed E-state index contributed by atoms with van der Waals surface area (Å²) in [6.45, 7) is 0.173. The first kappa shape index (κ1) is 19.5. The van der Waals surface area contributed by atoms with Crippen molar-refractivity contribution < 1.29 is 4.79 Å². The standard InChI is InChI=1S/C25H18ClN3O/c26-21-12-10-18(11-13-21)19(15-27)14-20-16-29(24-9-5-4-8-23(20)24)17-25(30)28-22-6-2-1-3-7-22/h1-14,16H,17H2,(H,28,30)/b19-14+. The summed E-state index contributed by atoms with van der Waals surface area (Å²) in [4.78, 5) is 12.6. The minimum atomic E-state index is -0.115. The van der Waals surface area contributed by atoms with Crippen molar-refractivity contribution in [2.45, 2.75) is 6.54 Å². The van der Waals surface area contributed by atoms with E-state index in [1.807, 2.05) is 83.6 Å². The molecule has 146 valence electrons. The van der Waals surface area contributed by atoms with Crippen LogP contribution in [0.5, 0.6) is 0 Å². The summed E-state index contributed by atoms with van der Waals surface area (Å²) >= 11 is 5.96. The second-order valence-corrected chi connectivity index (χ2v) is 7.26. The van der Waals surface area contributed by atoms with Gasteiger partial charge >= 0.3 is 0 Å². The second-order valence-electron chi connectivity index (χ2n) is 6.82. The van der Waals surface area contributed by atoms with E-state index >= 15 is 0 Å². The Morgan fingerprint density at radius 3 is 2.43 bits per heavy atom. The number of hydrogen-bond donors (Lipinski definition) is 1. The third-order valence-corrected chi connectivity index (χ3v) is 5.02. The van der Waals surface area contributed by atoms with Crippen LogP contribution in [-0.4, -0.2) is 10.5 Å². The smallest absolute Gasteiger partial charge is 0.244 e. The van der Waals surface area contributed by atoms with Gasteiger partial charge in [0.05, 0.1) is 11.6 Å². The molecule has 4 aromatic rings. The van der Waals surface area contributed by atoms with E-state index < -0.39 is 0 Å². The summed E-state index contributed by atoms with van der Waals surface area (Å²) in [5, 5.41) is 14.2. The van der Waals surface area contributed by atoms with Gasteiger partial charge in [0.2, 0.25) is 5.91 Å². The lowest BCUT2D eigenvalue weighted by Crippen LogP contribution is -2.18. The zero-order valence-corrected chi connectivity index (χ0v) is 16.8. The summed E-state index contributed by atoms with van der Waals surface area (Å²) in [6, 6.07) is 26.6. The van der Waals surface area contributed by atoms with Gasteiger partial charge in [-0.25, -0.2) is 0 Å². The van der Waals surface area contributed by atoms with Crippen LogP contribution in [0.1, 0.15) is 11.1 Å². The molecule has 0 saturated heterocycles. The van der Waals surface area contributed by atoms with E-state index in [2.05, 4.69) is 11.4 Å². The molecule has 0 aliphatic rings. The van der Waals surface area contributed by atoms with Gasteiger partial charge in [0.15, 0.2) is 0 Å². The number of carbonyl (C=O) groups is 1. The maximum absolute atomic E-state index is 12.6. The molecular formula is C25H18ClN3O. The first-order valence-corrected chi connectivity index (χ1v) is 9.82. The van der Waals surface area contributed by atoms with Crippen LogP contribution in [0.2, 0.25) is 5.02 Å². The van der Waals surface area contributed by atoms with E-state index in [4.69, 9.17) is 11.6 Å². The van der Waals surface area contributed by atoms with Gasteiger partial charge in [-0.05, 0) is 42.0 Å². The number of nitriles is 1. The number of aromatic nitrogens is 1. The maximum atomic E-state index is 12.6. The van der Waals surface area contributed by atoms with Gasteiger partial charge in [-0.15, -0.1) is 0 Å². The third-order valence-electron chi connectivity index (χ3n) is 4.77. The highest BCUT2D eigenvalue weighted by Crippen LogP contribution is 2.27. The number of carbonyl (C=O) groups excluding carboxylic acids is 1. The first-order valence-electron chi connectivity index (χ1n) is 9.44. The molecule has 0 aliphatic carbocycles. The van der Waals surface area contributed by atoms with Crippen LogP contribution in [0.15, 0.2) is 85.1 Å².